The molecule has 0 N–H and O–H groups in total. The molecule has 0 heterocycles. The van der Waals surface area contributed by atoms with E-state index in [-0.39, 0.29) is 5.69 Å². The Labute approximate surface area is 255 Å². The summed E-state index contributed by atoms with van der Waals surface area (Å²) in [6.45, 7) is 0. The first-order valence-electron chi connectivity index (χ1n) is 13.7. The molecule has 0 radical (unpaired) electrons. The van der Waals surface area contributed by atoms with Gasteiger partial charge in [-0.05, 0) is 73.2 Å². The molecule has 0 saturated heterocycles. The largest absolute Gasteiger partial charge is 0.270 e. The van der Waals surface area contributed by atoms with E-state index >= 15 is 0 Å². The number of non-ortho nitro benzene ring substituents is 1. The van der Waals surface area contributed by atoms with Gasteiger partial charge in [-0.1, -0.05) is 101 Å². The number of nitrogens with zero attached hydrogens (tertiary/aromatic N) is 9. The molecule has 0 spiro atoms. The Bertz CT molecular complexity index is 2310. The van der Waals surface area contributed by atoms with Gasteiger partial charge in [-0.3, -0.25) is 10.1 Å². The molecule has 0 unspecified atom stereocenters. The van der Waals surface area contributed by atoms with Gasteiger partial charge in [0.2, 0.25) is 0 Å². The van der Waals surface area contributed by atoms with Crippen LogP contribution in [0.3, 0.4) is 0 Å². The maximum atomic E-state index is 11.0. The van der Waals surface area contributed by atoms with Crippen molar-refractivity contribution in [3.63, 3.8) is 0 Å². The van der Waals surface area contributed by atoms with Gasteiger partial charge < -0.3 is 0 Å². The maximum absolute atomic E-state index is 11.0. The number of hydrogen-bond donors (Lipinski definition) is 0. The smallest absolute Gasteiger partial charge is 0.258 e. The van der Waals surface area contributed by atoms with Crippen LogP contribution < -0.4 is 0 Å². The highest BCUT2D eigenvalue weighted by molar-refractivity contribution is 6.27. The summed E-state index contributed by atoms with van der Waals surface area (Å²) in [5, 5.41) is 32.9. The molecule has 0 aliphatic rings. The average Bonchev–Trinajstić information content (AvgIpc) is 3.08. The summed E-state index contributed by atoms with van der Waals surface area (Å²) in [5.41, 5.74) is 21.6. The highest BCUT2D eigenvalue weighted by Gasteiger charge is 2.14. The van der Waals surface area contributed by atoms with Crippen molar-refractivity contribution >= 4 is 60.8 Å². The number of nitro groups is 1. The van der Waals surface area contributed by atoms with Gasteiger partial charge in [-0.15, -0.1) is 5.11 Å². The van der Waals surface area contributed by atoms with Crippen LogP contribution >= 0.6 is 0 Å². The van der Waals surface area contributed by atoms with E-state index in [1.165, 1.54) is 12.1 Å². The topological polar surface area (TPSA) is 165 Å². The van der Waals surface area contributed by atoms with Crippen LogP contribution in [0.15, 0.2) is 148 Å². The number of hydrogen-bond acceptors (Lipinski definition) is 6. The van der Waals surface area contributed by atoms with Crippen molar-refractivity contribution in [3.05, 3.63) is 158 Å². The molecule has 0 aromatic heterocycles. The molecule has 7 aromatic carbocycles. The van der Waals surface area contributed by atoms with Crippen molar-refractivity contribution in [2.45, 2.75) is 0 Å². The number of azo groups is 1. The van der Waals surface area contributed by atoms with E-state index in [9.17, 15) is 10.1 Å². The Kier molecular flexibility index (Phi) is 7.93. The Morgan fingerprint density at radius 1 is 0.578 bits per heavy atom. The molecule has 7 rings (SSSR count). The third kappa shape index (κ3) is 5.79. The lowest BCUT2D eigenvalue weighted by molar-refractivity contribution is -0.384. The summed E-state index contributed by atoms with van der Waals surface area (Å²) in [7, 11) is 0. The van der Waals surface area contributed by atoms with Gasteiger partial charge in [0.05, 0.1) is 16.3 Å². The quantitative estimate of drug-likeness (QED) is 0.0472. The molecular weight excluding hydrogens is 566 g/mol. The molecule has 11 heteroatoms. The lowest BCUT2D eigenvalue weighted by Crippen LogP contribution is -1.88. The molecule has 0 aliphatic heterocycles. The Balaban J connectivity index is 0.000000159. The zero-order valence-electron chi connectivity index (χ0n) is 23.5. The predicted octanol–water partition coefficient (Wildman–Crippen LogP) is 12.1. The van der Waals surface area contributed by atoms with Crippen LogP contribution in [0.25, 0.3) is 64.3 Å². The van der Waals surface area contributed by atoms with E-state index < -0.39 is 4.92 Å². The van der Waals surface area contributed by atoms with Crippen LogP contribution in [0.1, 0.15) is 0 Å². The predicted molar refractivity (Wildman–Crippen MR) is 177 cm³/mol. The Morgan fingerprint density at radius 3 is 1.96 bits per heavy atom. The SMILES string of the molecule is O=[N+]([O-])c1ccc(N=Nc2ccccc2)c(-c2ccccc2)c1.[N-]=[N+]=Nc1ccc2c(N=[N+]=[N-])cc3cccc4ccc1c2c43. The fraction of sp³-hybridized carbons (Fsp3) is 0. The summed E-state index contributed by atoms with van der Waals surface area (Å²) >= 11 is 0. The minimum atomic E-state index is -0.412. The number of azide groups is 2. The van der Waals surface area contributed by atoms with E-state index in [1.54, 1.807) is 12.1 Å². The second kappa shape index (κ2) is 12.6. The van der Waals surface area contributed by atoms with Gasteiger partial charge in [0.1, 0.15) is 0 Å². The van der Waals surface area contributed by atoms with Crippen molar-refractivity contribution in [2.24, 2.45) is 20.5 Å². The van der Waals surface area contributed by atoms with Crippen LogP contribution in [0.5, 0.6) is 0 Å². The lowest BCUT2D eigenvalue weighted by atomic mass is 9.92. The molecule has 0 fully saturated rings. The van der Waals surface area contributed by atoms with Crippen molar-refractivity contribution in [1.82, 2.24) is 0 Å². The molecule has 11 nitrogen and oxygen atoms in total. The van der Waals surface area contributed by atoms with Crippen molar-refractivity contribution < 1.29 is 4.92 Å². The maximum Gasteiger partial charge on any atom is 0.270 e. The first-order valence-corrected chi connectivity index (χ1v) is 13.7. The van der Waals surface area contributed by atoms with Crippen LogP contribution in [-0.2, 0) is 0 Å². The number of benzene rings is 7. The zero-order valence-corrected chi connectivity index (χ0v) is 23.5. The van der Waals surface area contributed by atoms with Gasteiger partial charge in [0, 0.05) is 38.9 Å². The first kappa shape index (κ1) is 28.3. The Hall–Kier alpha value is -6.80. The first-order chi connectivity index (χ1) is 22.1. The highest BCUT2D eigenvalue weighted by Crippen LogP contribution is 2.43. The fourth-order valence-electron chi connectivity index (χ4n) is 5.24. The van der Waals surface area contributed by atoms with E-state index in [0.29, 0.717) is 22.6 Å². The highest BCUT2D eigenvalue weighted by atomic mass is 16.6. The summed E-state index contributed by atoms with van der Waals surface area (Å²) in [5.74, 6) is 0. The van der Waals surface area contributed by atoms with Gasteiger partial charge in [0.25, 0.3) is 5.69 Å². The summed E-state index contributed by atoms with van der Waals surface area (Å²) in [4.78, 5) is 16.4. The van der Waals surface area contributed by atoms with Gasteiger partial charge in [-0.2, -0.15) is 5.11 Å². The van der Waals surface area contributed by atoms with Crippen LogP contribution in [0.4, 0.5) is 28.4 Å². The van der Waals surface area contributed by atoms with Crippen molar-refractivity contribution in [2.75, 3.05) is 0 Å². The Morgan fingerprint density at radius 2 is 1.22 bits per heavy atom. The summed E-state index contributed by atoms with van der Waals surface area (Å²) < 4.78 is 0. The van der Waals surface area contributed by atoms with Gasteiger partial charge in [0.15, 0.2) is 0 Å². The molecule has 0 aliphatic carbocycles. The number of rotatable bonds is 6. The van der Waals surface area contributed by atoms with E-state index in [4.69, 9.17) is 11.1 Å². The van der Waals surface area contributed by atoms with Gasteiger partial charge in [-0.25, -0.2) is 0 Å². The second-order valence-electron chi connectivity index (χ2n) is 9.83. The third-order valence-electron chi connectivity index (χ3n) is 7.21. The summed E-state index contributed by atoms with van der Waals surface area (Å²) in [6, 6.07) is 38.8. The third-order valence-corrected chi connectivity index (χ3v) is 7.21. The molecular formula is C34H21N9O2. The monoisotopic (exact) mass is 587 g/mol. The molecule has 0 atom stereocenters. The fourth-order valence-corrected chi connectivity index (χ4v) is 5.24. The minimum Gasteiger partial charge on any atom is -0.258 e. The second-order valence-corrected chi connectivity index (χ2v) is 9.83. The normalized spacial score (nSPS) is 10.8. The van der Waals surface area contributed by atoms with Crippen LogP contribution in [-0.4, -0.2) is 4.92 Å². The zero-order chi connectivity index (χ0) is 31.2. The van der Waals surface area contributed by atoms with Crippen LogP contribution in [0, 0.1) is 10.1 Å². The molecule has 0 amide bonds. The standard InChI is InChI=1S/C18H13N3O2.C16H8N6/c22-21(23)16-11-12-18(20-19-15-9-5-2-6-10-15)17(13-16)14-7-3-1-4-8-14;17-21-19-13-7-6-12-14(20-22-18)8-10-3-1-2-9-4-5-11(13)16(12)15(9)10/h1-13H;1-8H. The van der Waals surface area contributed by atoms with Crippen LogP contribution in [0.2, 0.25) is 0 Å². The average molecular weight is 588 g/mol. The molecule has 214 valence electrons. The number of nitro benzene ring substituents is 1. The lowest BCUT2D eigenvalue weighted by Gasteiger charge is -2.13. The molecule has 7 aromatic rings. The minimum absolute atomic E-state index is 0.0301. The van der Waals surface area contributed by atoms with E-state index in [0.717, 1.165) is 43.6 Å². The summed E-state index contributed by atoms with van der Waals surface area (Å²) in [6.07, 6.45) is 0. The van der Waals surface area contributed by atoms with E-state index in [2.05, 4.69) is 30.3 Å². The molecule has 0 bridgehead atoms. The molecule has 45 heavy (non-hydrogen) atoms. The van der Waals surface area contributed by atoms with Crippen molar-refractivity contribution in [3.8, 4) is 11.1 Å². The van der Waals surface area contributed by atoms with Crippen molar-refractivity contribution in [1.29, 1.82) is 0 Å². The van der Waals surface area contributed by atoms with Gasteiger partial charge >= 0.3 is 0 Å². The molecule has 0 saturated carbocycles. The van der Waals surface area contributed by atoms with E-state index in [1.807, 2.05) is 103 Å².